The predicted octanol–water partition coefficient (Wildman–Crippen LogP) is 4.12. The maximum atomic E-state index is 13.4. The molecule has 0 aromatic heterocycles. The van der Waals surface area contributed by atoms with Crippen LogP contribution in [0.5, 0.6) is 0 Å². The molecule has 180 valence electrons. The number of aryl methyl sites for hydroxylation is 1. The maximum Gasteiger partial charge on any atom is 0.244 e. The van der Waals surface area contributed by atoms with E-state index in [2.05, 4.69) is 21.2 Å². The summed E-state index contributed by atoms with van der Waals surface area (Å²) in [7, 11) is -3.78. The molecule has 0 radical (unpaired) electrons. The van der Waals surface area contributed by atoms with E-state index in [4.69, 9.17) is 11.6 Å². The Balaban J connectivity index is 2.39. The Morgan fingerprint density at radius 3 is 2.33 bits per heavy atom. The second-order valence-corrected chi connectivity index (χ2v) is 11.1. The number of benzene rings is 2. The summed E-state index contributed by atoms with van der Waals surface area (Å²) in [6.07, 6.45) is 1.81. The van der Waals surface area contributed by atoms with Gasteiger partial charge < -0.3 is 10.2 Å². The van der Waals surface area contributed by atoms with Crippen molar-refractivity contribution in [3.05, 3.63) is 63.1 Å². The number of carbonyl (C=O) groups is 2. The molecule has 0 aliphatic carbocycles. The minimum absolute atomic E-state index is 0.157. The van der Waals surface area contributed by atoms with Crippen molar-refractivity contribution in [2.75, 3.05) is 23.7 Å². The average molecular weight is 559 g/mol. The fourth-order valence-electron chi connectivity index (χ4n) is 3.26. The minimum atomic E-state index is -3.78. The van der Waals surface area contributed by atoms with E-state index in [1.807, 2.05) is 31.2 Å². The number of nitrogens with zero attached hydrogens (tertiary/aromatic N) is 2. The number of sulfonamides is 1. The van der Waals surface area contributed by atoms with E-state index in [1.54, 1.807) is 32.0 Å². The standard InChI is InChI=1S/C23H29BrClN3O4S/c1-5-12-26-23(30)17(3)27(14-18-6-8-19(24)9-7-18)22(29)15-28(33(4,31)32)21-11-10-20(25)13-16(21)2/h6-11,13,17H,5,12,14-15H2,1-4H3,(H,26,30). The molecule has 0 bridgehead atoms. The van der Waals surface area contributed by atoms with Crippen LogP contribution in [-0.4, -0.2) is 50.5 Å². The number of carbonyl (C=O) groups excluding carboxylic acids is 2. The first-order valence-corrected chi connectivity index (χ1v) is 13.5. The van der Waals surface area contributed by atoms with Crippen LogP contribution in [0, 0.1) is 6.92 Å². The van der Waals surface area contributed by atoms with E-state index < -0.39 is 28.5 Å². The van der Waals surface area contributed by atoms with Crippen molar-refractivity contribution in [3.8, 4) is 0 Å². The second kappa shape index (κ2) is 11.9. The topological polar surface area (TPSA) is 86.8 Å². The van der Waals surface area contributed by atoms with Gasteiger partial charge in [0.2, 0.25) is 21.8 Å². The van der Waals surface area contributed by atoms with Gasteiger partial charge in [-0.1, -0.05) is 46.6 Å². The Morgan fingerprint density at radius 1 is 1.15 bits per heavy atom. The summed E-state index contributed by atoms with van der Waals surface area (Å²) < 4.78 is 27.1. The van der Waals surface area contributed by atoms with Gasteiger partial charge in [0, 0.05) is 22.6 Å². The Hall–Kier alpha value is -2.10. The van der Waals surface area contributed by atoms with Gasteiger partial charge >= 0.3 is 0 Å². The Labute approximate surface area is 209 Å². The molecule has 0 aliphatic heterocycles. The van der Waals surface area contributed by atoms with Crippen molar-refractivity contribution in [3.63, 3.8) is 0 Å². The molecule has 0 spiro atoms. The van der Waals surface area contributed by atoms with Crippen molar-refractivity contribution >= 4 is 55.1 Å². The number of nitrogens with one attached hydrogen (secondary N) is 1. The Kier molecular flexibility index (Phi) is 9.75. The smallest absolute Gasteiger partial charge is 0.244 e. The van der Waals surface area contributed by atoms with E-state index in [0.29, 0.717) is 22.8 Å². The molecule has 1 atom stereocenters. The van der Waals surface area contributed by atoms with Crippen molar-refractivity contribution < 1.29 is 18.0 Å². The lowest BCUT2D eigenvalue weighted by molar-refractivity contribution is -0.139. The van der Waals surface area contributed by atoms with Crippen LogP contribution in [-0.2, 0) is 26.2 Å². The molecular weight excluding hydrogens is 530 g/mol. The highest BCUT2D eigenvalue weighted by atomic mass is 79.9. The third kappa shape index (κ3) is 7.72. The van der Waals surface area contributed by atoms with Crippen LogP contribution in [0.25, 0.3) is 0 Å². The van der Waals surface area contributed by atoms with Crippen LogP contribution in [0.15, 0.2) is 46.9 Å². The zero-order valence-electron chi connectivity index (χ0n) is 19.1. The van der Waals surface area contributed by atoms with Gasteiger partial charge in [0.05, 0.1) is 11.9 Å². The van der Waals surface area contributed by atoms with Gasteiger partial charge in [-0.25, -0.2) is 8.42 Å². The normalized spacial score (nSPS) is 12.2. The fourth-order valence-corrected chi connectivity index (χ4v) is 4.66. The molecule has 1 unspecified atom stereocenters. The van der Waals surface area contributed by atoms with Gasteiger partial charge in [0.1, 0.15) is 12.6 Å². The minimum Gasteiger partial charge on any atom is -0.354 e. The zero-order chi connectivity index (χ0) is 24.8. The predicted molar refractivity (Wildman–Crippen MR) is 136 cm³/mol. The lowest BCUT2D eigenvalue weighted by Crippen LogP contribution is -2.51. The molecule has 1 N–H and O–H groups in total. The summed E-state index contributed by atoms with van der Waals surface area (Å²) in [5, 5.41) is 3.27. The van der Waals surface area contributed by atoms with E-state index in [1.165, 1.54) is 4.90 Å². The molecule has 7 nitrogen and oxygen atoms in total. The summed E-state index contributed by atoms with van der Waals surface area (Å²) in [5.41, 5.74) is 1.80. The fraction of sp³-hybridized carbons (Fsp3) is 0.391. The van der Waals surface area contributed by atoms with Crippen LogP contribution in [0.3, 0.4) is 0 Å². The molecule has 10 heteroatoms. The summed E-state index contributed by atoms with van der Waals surface area (Å²) in [6, 6.07) is 11.4. The first kappa shape index (κ1) is 27.1. The van der Waals surface area contributed by atoms with Gasteiger partial charge in [-0.15, -0.1) is 0 Å². The number of hydrogen-bond acceptors (Lipinski definition) is 4. The highest BCUT2D eigenvalue weighted by molar-refractivity contribution is 9.10. The second-order valence-electron chi connectivity index (χ2n) is 7.82. The summed E-state index contributed by atoms with van der Waals surface area (Å²) >= 11 is 9.41. The Bertz CT molecular complexity index is 1090. The molecule has 0 aliphatic rings. The quantitative estimate of drug-likeness (QED) is 0.475. The highest BCUT2D eigenvalue weighted by Gasteiger charge is 2.30. The molecule has 2 aromatic carbocycles. The van der Waals surface area contributed by atoms with E-state index in [0.717, 1.165) is 27.0 Å². The lowest BCUT2D eigenvalue weighted by Gasteiger charge is -2.32. The van der Waals surface area contributed by atoms with Gasteiger partial charge in [-0.2, -0.15) is 0 Å². The molecule has 0 saturated carbocycles. The molecule has 2 amide bonds. The number of halogens is 2. The molecule has 2 rings (SSSR count). The van der Waals surface area contributed by atoms with E-state index in [-0.39, 0.29) is 12.5 Å². The summed E-state index contributed by atoms with van der Waals surface area (Å²) in [4.78, 5) is 27.5. The average Bonchev–Trinajstić information content (AvgIpc) is 2.74. The summed E-state index contributed by atoms with van der Waals surface area (Å²) in [6.45, 7) is 5.51. The van der Waals surface area contributed by atoms with Crippen LogP contribution in [0.2, 0.25) is 5.02 Å². The molecule has 0 fully saturated rings. The molecule has 2 aromatic rings. The van der Waals surface area contributed by atoms with Gasteiger partial charge in [0.15, 0.2) is 0 Å². The zero-order valence-corrected chi connectivity index (χ0v) is 22.3. The molecule has 0 heterocycles. The number of amides is 2. The lowest BCUT2D eigenvalue weighted by atomic mass is 10.1. The van der Waals surface area contributed by atoms with Crippen LogP contribution >= 0.6 is 27.5 Å². The molecule has 0 saturated heterocycles. The first-order valence-electron chi connectivity index (χ1n) is 10.5. The number of hydrogen-bond donors (Lipinski definition) is 1. The van der Waals surface area contributed by atoms with Crippen LogP contribution < -0.4 is 9.62 Å². The monoisotopic (exact) mass is 557 g/mol. The number of rotatable bonds is 10. The van der Waals surface area contributed by atoms with Crippen molar-refractivity contribution in [1.29, 1.82) is 0 Å². The molecule has 33 heavy (non-hydrogen) atoms. The van der Waals surface area contributed by atoms with Crippen molar-refractivity contribution in [2.24, 2.45) is 0 Å². The van der Waals surface area contributed by atoms with Gasteiger partial charge in [-0.05, 0) is 61.7 Å². The van der Waals surface area contributed by atoms with Gasteiger partial charge in [0.25, 0.3) is 0 Å². The van der Waals surface area contributed by atoms with E-state index in [9.17, 15) is 18.0 Å². The van der Waals surface area contributed by atoms with Crippen LogP contribution in [0.1, 0.15) is 31.4 Å². The highest BCUT2D eigenvalue weighted by Crippen LogP contribution is 2.26. The summed E-state index contributed by atoms with van der Waals surface area (Å²) in [5.74, 6) is -0.785. The SMILES string of the molecule is CCCNC(=O)C(C)N(Cc1ccc(Br)cc1)C(=O)CN(c1ccc(Cl)cc1C)S(C)(=O)=O. The first-order chi connectivity index (χ1) is 15.4. The maximum absolute atomic E-state index is 13.4. The van der Waals surface area contributed by atoms with Crippen molar-refractivity contribution in [2.45, 2.75) is 39.8 Å². The van der Waals surface area contributed by atoms with Crippen molar-refractivity contribution in [1.82, 2.24) is 10.2 Å². The number of anilines is 1. The van der Waals surface area contributed by atoms with Gasteiger partial charge in [-0.3, -0.25) is 13.9 Å². The van der Waals surface area contributed by atoms with E-state index >= 15 is 0 Å². The Morgan fingerprint density at radius 2 is 1.79 bits per heavy atom. The molecular formula is C23H29BrClN3O4S. The third-order valence-corrected chi connectivity index (χ3v) is 6.98. The largest absolute Gasteiger partial charge is 0.354 e. The van der Waals surface area contributed by atoms with Crippen LogP contribution in [0.4, 0.5) is 5.69 Å². The third-order valence-electron chi connectivity index (χ3n) is 5.09.